The number of carbonyl (C=O) groups is 1. The van der Waals surface area contributed by atoms with Crippen molar-refractivity contribution in [3.8, 4) is 5.75 Å². The Balaban J connectivity index is 1.65. The van der Waals surface area contributed by atoms with E-state index in [0.717, 1.165) is 42.6 Å². The van der Waals surface area contributed by atoms with Gasteiger partial charge in [0.25, 0.3) is 0 Å². The number of rotatable bonds is 5. The largest absolute Gasteiger partial charge is 0.489 e. The molecule has 2 N–H and O–H groups in total. The molecule has 1 aliphatic carbocycles. The van der Waals surface area contributed by atoms with E-state index < -0.39 is 0 Å². The van der Waals surface area contributed by atoms with E-state index in [4.69, 9.17) is 9.94 Å². The van der Waals surface area contributed by atoms with Gasteiger partial charge in [0.1, 0.15) is 12.4 Å². The molecule has 0 saturated heterocycles. The SMILES string of the molecule is O=C(NO)C1CCCCC1c1ccc(OCc2ccccc2)cc1. The van der Waals surface area contributed by atoms with Gasteiger partial charge >= 0.3 is 0 Å². The van der Waals surface area contributed by atoms with E-state index in [1.165, 1.54) is 0 Å². The molecule has 2 aromatic rings. The molecule has 0 heterocycles. The molecule has 126 valence electrons. The predicted molar refractivity (Wildman–Crippen MR) is 91.8 cm³/mol. The zero-order chi connectivity index (χ0) is 16.8. The molecule has 3 rings (SSSR count). The first-order valence-electron chi connectivity index (χ1n) is 8.48. The van der Waals surface area contributed by atoms with Gasteiger partial charge in [-0.3, -0.25) is 10.0 Å². The Bertz CT molecular complexity index is 654. The highest BCUT2D eigenvalue weighted by molar-refractivity contribution is 5.78. The number of amides is 1. The number of hydroxylamine groups is 1. The lowest BCUT2D eigenvalue weighted by Gasteiger charge is -2.30. The highest BCUT2D eigenvalue weighted by Crippen LogP contribution is 2.38. The zero-order valence-electron chi connectivity index (χ0n) is 13.7. The Hall–Kier alpha value is -2.33. The average Bonchev–Trinajstić information content (AvgIpc) is 2.67. The summed E-state index contributed by atoms with van der Waals surface area (Å²) in [6.45, 7) is 0.541. The predicted octanol–water partition coefficient (Wildman–Crippen LogP) is 4.04. The summed E-state index contributed by atoms with van der Waals surface area (Å²) in [5.41, 5.74) is 4.09. The maximum absolute atomic E-state index is 11.9. The van der Waals surface area contributed by atoms with Crippen molar-refractivity contribution in [3.05, 3.63) is 65.7 Å². The maximum Gasteiger partial charge on any atom is 0.247 e. The van der Waals surface area contributed by atoms with E-state index in [-0.39, 0.29) is 17.7 Å². The molecule has 1 saturated carbocycles. The third kappa shape index (κ3) is 3.95. The summed E-state index contributed by atoms with van der Waals surface area (Å²) < 4.78 is 5.81. The number of hydrogen-bond acceptors (Lipinski definition) is 3. The number of hydrogen-bond donors (Lipinski definition) is 2. The number of benzene rings is 2. The normalized spacial score (nSPS) is 20.4. The average molecular weight is 325 g/mol. The summed E-state index contributed by atoms with van der Waals surface area (Å²) in [5, 5.41) is 8.95. The lowest BCUT2D eigenvalue weighted by molar-refractivity contribution is -0.135. The van der Waals surface area contributed by atoms with Crippen molar-refractivity contribution in [2.24, 2.45) is 5.92 Å². The molecule has 4 heteroatoms. The Labute approximate surface area is 142 Å². The summed E-state index contributed by atoms with van der Waals surface area (Å²) >= 11 is 0. The van der Waals surface area contributed by atoms with Gasteiger partial charge in [-0.2, -0.15) is 0 Å². The molecule has 0 aromatic heterocycles. The Morgan fingerprint density at radius 1 is 1.04 bits per heavy atom. The van der Waals surface area contributed by atoms with E-state index in [9.17, 15) is 4.79 Å². The van der Waals surface area contributed by atoms with Crippen molar-refractivity contribution < 1.29 is 14.7 Å². The van der Waals surface area contributed by atoms with Crippen molar-refractivity contribution in [3.63, 3.8) is 0 Å². The van der Waals surface area contributed by atoms with Crippen molar-refractivity contribution in [1.82, 2.24) is 5.48 Å². The van der Waals surface area contributed by atoms with E-state index in [1.54, 1.807) is 0 Å². The van der Waals surface area contributed by atoms with Crippen molar-refractivity contribution in [1.29, 1.82) is 0 Å². The van der Waals surface area contributed by atoms with Gasteiger partial charge in [-0.1, -0.05) is 55.3 Å². The van der Waals surface area contributed by atoms with Crippen molar-refractivity contribution >= 4 is 5.91 Å². The molecular formula is C20H23NO3. The minimum absolute atomic E-state index is 0.153. The van der Waals surface area contributed by atoms with Crippen LogP contribution in [0.5, 0.6) is 5.75 Å². The highest BCUT2D eigenvalue weighted by atomic mass is 16.5. The summed E-state index contributed by atoms with van der Waals surface area (Å²) in [6, 6.07) is 18.0. The highest BCUT2D eigenvalue weighted by Gasteiger charge is 2.31. The van der Waals surface area contributed by atoms with Crippen LogP contribution in [0, 0.1) is 5.92 Å². The Morgan fingerprint density at radius 2 is 1.75 bits per heavy atom. The third-order valence-corrected chi connectivity index (χ3v) is 4.77. The monoisotopic (exact) mass is 325 g/mol. The molecule has 0 aliphatic heterocycles. The lowest BCUT2D eigenvalue weighted by Crippen LogP contribution is -2.34. The number of carbonyl (C=O) groups excluding carboxylic acids is 1. The second-order valence-corrected chi connectivity index (χ2v) is 6.32. The minimum Gasteiger partial charge on any atom is -0.489 e. The fourth-order valence-corrected chi connectivity index (χ4v) is 3.48. The van der Waals surface area contributed by atoms with Crippen LogP contribution in [0.15, 0.2) is 54.6 Å². The first-order chi connectivity index (χ1) is 11.8. The van der Waals surface area contributed by atoms with Crippen molar-refractivity contribution in [2.45, 2.75) is 38.2 Å². The molecule has 2 aromatic carbocycles. The van der Waals surface area contributed by atoms with E-state index >= 15 is 0 Å². The van der Waals surface area contributed by atoms with Crippen molar-refractivity contribution in [2.75, 3.05) is 0 Å². The van der Waals surface area contributed by atoms with E-state index in [1.807, 2.05) is 60.1 Å². The minimum atomic E-state index is -0.274. The Kier molecular flexibility index (Phi) is 5.49. The molecule has 1 fully saturated rings. The quantitative estimate of drug-likeness (QED) is 0.644. The fourth-order valence-electron chi connectivity index (χ4n) is 3.48. The zero-order valence-corrected chi connectivity index (χ0v) is 13.7. The molecule has 2 atom stereocenters. The van der Waals surface area contributed by atoms with Gasteiger partial charge in [-0.15, -0.1) is 0 Å². The van der Waals surface area contributed by atoms with Gasteiger partial charge in [-0.05, 0) is 42.0 Å². The molecule has 0 spiro atoms. The van der Waals surface area contributed by atoms with E-state index in [0.29, 0.717) is 6.61 Å². The van der Waals surface area contributed by atoms with Crippen LogP contribution in [-0.4, -0.2) is 11.1 Å². The molecular weight excluding hydrogens is 302 g/mol. The third-order valence-electron chi connectivity index (χ3n) is 4.77. The number of nitrogens with one attached hydrogen (secondary N) is 1. The Morgan fingerprint density at radius 3 is 2.46 bits per heavy atom. The molecule has 1 amide bonds. The van der Waals surface area contributed by atoms with Crippen LogP contribution >= 0.6 is 0 Å². The molecule has 0 bridgehead atoms. The second kappa shape index (κ2) is 7.97. The fraction of sp³-hybridized carbons (Fsp3) is 0.350. The smallest absolute Gasteiger partial charge is 0.247 e. The lowest BCUT2D eigenvalue weighted by atomic mass is 9.75. The van der Waals surface area contributed by atoms with Crippen LogP contribution in [-0.2, 0) is 11.4 Å². The second-order valence-electron chi connectivity index (χ2n) is 6.32. The van der Waals surface area contributed by atoms with Crippen LogP contribution in [0.1, 0.15) is 42.7 Å². The van der Waals surface area contributed by atoms with Gasteiger partial charge in [0.05, 0.1) is 0 Å². The van der Waals surface area contributed by atoms with Crippen LogP contribution < -0.4 is 10.2 Å². The van der Waals surface area contributed by atoms with Crippen LogP contribution in [0.4, 0.5) is 0 Å². The van der Waals surface area contributed by atoms with Crippen LogP contribution in [0.3, 0.4) is 0 Å². The van der Waals surface area contributed by atoms with Gasteiger partial charge in [0.15, 0.2) is 0 Å². The van der Waals surface area contributed by atoms with Gasteiger partial charge in [-0.25, -0.2) is 5.48 Å². The first-order valence-corrected chi connectivity index (χ1v) is 8.48. The molecule has 4 nitrogen and oxygen atoms in total. The summed E-state index contributed by atoms with van der Waals surface area (Å²) in [5.74, 6) is 0.555. The van der Waals surface area contributed by atoms with E-state index in [2.05, 4.69) is 0 Å². The van der Waals surface area contributed by atoms with Gasteiger partial charge < -0.3 is 4.74 Å². The van der Waals surface area contributed by atoms with Gasteiger partial charge in [0, 0.05) is 5.92 Å². The first kappa shape index (κ1) is 16.5. The van der Waals surface area contributed by atoms with Crippen LogP contribution in [0.2, 0.25) is 0 Å². The molecule has 1 aliphatic rings. The standard InChI is InChI=1S/C20H23NO3/c22-20(21-23)19-9-5-4-8-18(19)16-10-12-17(13-11-16)24-14-15-6-2-1-3-7-15/h1-3,6-7,10-13,18-19,23H,4-5,8-9,14H2,(H,21,22). The maximum atomic E-state index is 11.9. The molecule has 2 unspecified atom stereocenters. The number of ether oxygens (including phenoxy) is 1. The summed E-state index contributed by atoms with van der Waals surface area (Å²) in [4.78, 5) is 11.9. The molecule has 0 radical (unpaired) electrons. The molecule has 24 heavy (non-hydrogen) atoms. The van der Waals surface area contributed by atoms with Crippen LogP contribution in [0.25, 0.3) is 0 Å². The van der Waals surface area contributed by atoms with Gasteiger partial charge in [0.2, 0.25) is 5.91 Å². The topological polar surface area (TPSA) is 58.6 Å². The summed E-state index contributed by atoms with van der Waals surface area (Å²) in [7, 11) is 0. The summed E-state index contributed by atoms with van der Waals surface area (Å²) in [6.07, 6.45) is 3.95.